The zero-order valence-electron chi connectivity index (χ0n) is 11.7. The number of imidazole rings is 1. The first-order chi connectivity index (χ1) is 9.74. The Hall–Kier alpha value is -2.36. The Labute approximate surface area is 117 Å². The highest BCUT2D eigenvalue weighted by Crippen LogP contribution is 2.16. The van der Waals surface area contributed by atoms with E-state index in [4.69, 9.17) is 4.74 Å². The largest absolute Gasteiger partial charge is 0.478 e. The number of pyridine rings is 1. The van der Waals surface area contributed by atoms with E-state index in [-0.39, 0.29) is 0 Å². The number of H-pyrrole nitrogens is 1. The van der Waals surface area contributed by atoms with E-state index in [1.165, 1.54) is 11.1 Å². The smallest absolute Gasteiger partial charge is 0.215 e. The van der Waals surface area contributed by atoms with Gasteiger partial charge in [0.1, 0.15) is 5.82 Å². The topological polar surface area (TPSA) is 50.8 Å². The van der Waals surface area contributed by atoms with Crippen molar-refractivity contribution in [2.24, 2.45) is 0 Å². The van der Waals surface area contributed by atoms with Gasteiger partial charge in [0.05, 0.1) is 12.1 Å². The number of ether oxygens (including phenoxy) is 1. The molecule has 3 aromatic rings. The summed E-state index contributed by atoms with van der Waals surface area (Å²) in [5, 5.41) is 0. The molecule has 2 heterocycles. The summed E-state index contributed by atoms with van der Waals surface area (Å²) in [6.07, 6.45) is 0.780. The Morgan fingerprint density at radius 1 is 1.15 bits per heavy atom. The number of nitrogens with zero attached hydrogens (tertiary/aromatic N) is 2. The zero-order valence-corrected chi connectivity index (χ0v) is 11.7. The van der Waals surface area contributed by atoms with Crippen molar-refractivity contribution in [2.45, 2.75) is 20.3 Å². The summed E-state index contributed by atoms with van der Waals surface area (Å²) in [5.41, 5.74) is 4.15. The van der Waals surface area contributed by atoms with E-state index in [1.54, 1.807) is 0 Å². The van der Waals surface area contributed by atoms with E-state index in [2.05, 4.69) is 46.1 Å². The van der Waals surface area contributed by atoms with E-state index in [0.717, 1.165) is 17.8 Å². The number of hydrogen-bond acceptors (Lipinski definition) is 3. The lowest BCUT2D eigenvalue weighted by atomic mass is 10.1. The molecule has 1 N–H and O–H groups in total. The summed E-state index contributed by atoms with van der Waals surface area (Å²) in [7, 11) is 0. The lowest BCUT2D eigenvalue weighted by molar-refractivity contribution is 0.328. The molecule has 102 valence electrons. The third kappa shape index (κ3) is 2.64. The molecule has 0 aliphatic heterocycles. The predicted octanol–water partition coefficient (Wildman–Crippen LogP) is 3.26. The fourth-order valence-electron chi connectivity index (χ4n) is 2.25. The van der Waals surface area contributed by atoms with Gasteiger partial charge in [0, 0.05) is 12.5 Å². The Bertz CT molecular complexity index is 733. The van der Waals surface area contributed by atoms with E-state index < -0.39 is 0 Å². The molecule has 0 atom stereocenters. The third-order valence-electron chi connectivity index (χ3n) is 3.12. The van der Waals surface area contributed by atoms with Crippen LogP contribution in [0.2, 0.25) is 0 Å². The van der Waals surface area contributed by atoms with Crippen LogP contribution in [-0.2, 0) is 6.42 Å². The molecule has 3 rings (SSSR count). The molecule has 2 aromatic heterocycles. The SMILES string of the molecule is CCOc1ccc2[nH]c(Cc3cccc(C)c3)nc2n1. The van der Waals surface area contributed by atoms with Gasteiger partial charge in [-0.2, -0.15) is 4.98 Å². The Morgan fingerprint density at radius 2 is 2.05 bits per heavy atom. The van der Waals surface area contributed by atoms with Gasteiger partial charge in [-0.1, -0.05) is 29.8 Å². The van der Waals surface area contributed by atoms with Crippen LogP contribution in [-0.4, -0.2) is 21.6 Å². The number of hydrogen-bond donors (Lipinski definition) is 1. The van der Waals surface area contributed by atoms with Gasteiger partial charge >= 0.3 is 0 Å². The predicted molar refractivity (Wildman–Crippen MR) is 79.0 cm³/mol. The summed E-state index contributed by atoms with van der Waals surface area (Å²) >= 11 is 0. The van der Waals surface area contributed by atoms with Crippen LogP contribution >= 0.6 is 0 Å². The fourth-order valence-corrected chi connectivity index (χ4v) is 2.25. The Balaban J connectivity index is 1.89. The van der Waals surface area contributed by atoms with Gasteiger partial charge in [-0.3, -0.25) is 0 Å². The second-order valence-corrected chi connectivity index (χ2v) is 4.80. The molecule has 0 bridgehead atoms. The van der Waals surface area contributed by atoms with Crippen molar-refractivity contribution >= 4 is 11.2 Å². The Morgan fingerprint density at radius 3 is 2.85 bits per heavy atom. The average Bonchev–Trinajstić information content (AvgIpc) is 2.80. The maximum atomic E-state index is 5.39. The summed E-state index contributed by atoms with van der Waals surface area (Å²) in [5.74, 6) is 1.54. The molecule has 0 radical (unpaired) electrons. The van der Waals surface area contributed by atoms with Crippen molar-refractivity contribution < 1.29 is 4.74 Å². The molecule has 0 spiro atoms. The average molecular weight is 267 g/mol. The second kappa shape index (κ2) is 5.33. The van der Waals surface area contributed by atoms with Crippen molar-refractivity contribution in [3.8, 4) is 5.88 Å². The summed E-state index contributed by atoms with van der Waals surface area (Å²) in [6.45, 7) is 4.65. The lowest BCUT2D eigenvalue weighted by Crippen LogP contribution is -1.93. The molecule has 0 fully saturated rings. The van der Waals surface area contributed by atoms with Gasteiger partial charge in [-0.05, 0) is 25.5 Å². The van der Waals surface area contributed by atoms with Gasteiger partial charge in [0.2, 0.25) is 5.88 Å². The molecule has 4 heteroatoms. The van der Waals surface area contributed by atoms with Crippen LogP contribution in [0.4, 0.5) is 0 Å². The van der Waals surface area contributed by atoms with E-state index in [1.807, 2.05) is 19.1 Å². The number of aryl methyl sites for hydroxylation is 1. The Kier molecular flexibility index (Phi) is 3.37. The molecular weight excluding hydrogens is 250 g/mol. The van der Waals surface area contributed by atoms with Gasteiger partial charge in [-0.15, -0.1) is 0 Å². The second-order valence-electron chi connectivity index (χ2n) is 4.80. The number of nitrogens with one attached hydrogen (secondary N) is 1. The minimum atomic E-state index is 0.610. The molecule has 0 unspecified atom stereocenters. The summed E-state index contributed by atoms with van der Waals surface area (Å²) in [6, 6.07) is 12.3. The molecule has 0 amide bonds. The van der Waals surface area contributed by atoms with Crippen molar-refractivity contribution in [3.05, 3.63) is 53.3 Å². The van der Waals surface area contributed by atoms with Crippen molar-refractivity contribution in [1.29, 1.82) is 0 Å². The van der Waals surface area contributed by atoms with Crippen LogP contribution in [0.25, 0.3) is 11.2 Å². The molecule has 0 aliphatic rings. The van der Waals surface area contributed by atoms with Crippen LogP contribution in [0.5, 0.6) is 5.88 Å². The molecule has 0 saturated heterocycles. The standard InChI is InChI=1S/C16H17N3O/c1-3-20-15-8-7-13-16(19-15)18-14(17-13)10-12-6-4-5-11(2)9-12/h4-9H,3,10H2,1-2H3,(H,17,18,19). The van der Waals surface area contributed by atoms with Crippen molar-refractivity contribution in [1.82, 2.24) is 15.0 Å². The maximum absolute atomic E-state index is 5.39. The van der Waals surface area contributed by atoms with Gasteiger partial charge < -0.3 is 9.72 Å². The quantitative estimate of drug-likeness (QED) is 0.789. The number of aromatic amines is 1. The molecule has 0 saturated carbocycles. The normalized spacial score (nSPS) is 10.9. The third-order valence-corrected chi connectivity index (χ3v) is 3.12. The van der Waals surface area contributed by atoms with Crippen LogP contribution < -0.4 is 4.74 Å². The highest BCUT2D eigenvalue weighted by atomic mass is 16.5. The van der Waals surface area contributed by atoms with Gasteiger partial charge in [0.25, 0.3) is 0 Å². The summed E-state index contributed by atoms with van der Waals surface area (Å²) < 4.78 is 5.39. The minimum absolute atomic E-state index is 0.610. The molecule has 1 aromatic carbocycles. The van der Waals surface area contributed by atoms with Gasteiger partial charge in [0.15, 0.2) is 5.65 Å². The van der Waals surface area contributed by atoms with Crippen molar-refractivity contribution in [3.63, 3.8) is 0 Å². The monoisotopic (exact) mass is 267 g/mol. The maximum Gasteiger partial charge on any atom is 0.215 e. The fraction of sp³-hybridized carbons (Fsp3) is 0.250. The van der Waals surface area contributed by atoms with Crippen LogP contribution in [0.3, 0.4) is 0 Å². The number of aromatic nitrogens is 3. The first-order valence-corrected chi connectivity index (χ1v) is 6.78. The van der Waals surface area contributed by atoms with Gasteiger partial charge in [-0.25, -0.2) is 4.98 Å². The van der Waals surface area contributed by atoms with Crippen molar-refractivity contribution in [2.75, 3.05) is 6.61 Å². The first kappa shape index (κ1) is 12.7. The highest BCUT2D eigenvalue weighted by molar-refractivity contribution is 5.71. The molecule has 0 aliphatic carbocycles. The highest BCUT2D eigenvalue weighted by Gasteiger charge is 2.06. The minimum Gasteiger partial charge on any atom is -0.478 e. The molecular formula is C16H17N3O. The lowest BCUT2D eigenvalue weighted by Gasteiger charge is -1.99. The number of benzene rings is 1. The number of rotatable bonds is 4. The molecule has 4 nitrogen and oxygen atoms in total. The number of fused-ring (bicyclic) bond motifs is 1. The van der Waals surface area contributed by atoms with Crippen LogP contribution in [0, 0.1) is 6.92 Å². The van der Waals surface area contributed by atoms with Crippen LogP contribution in [0.1, 0.15) is 23.9 Å². The first-order valence-electron chi connectivity index (χ1n) is 6.78. The summed E-state index contributed by atoms with van der Waals surface area (Å²) in [4.78, 5) is 12.2. The van der Waals surface area contributed by atoms with Crippen LogP contribution in [0.15, 0.2) is 36.4 Å². The van der Waals surface area contributed by atoms with E-state index >= 15 is 0 Å². The zero-order chi connectivity index (χ0) is 13.9. The molecule has 20 heavy (non-hydrogen) atoms. The van der Waals surface area contributed by atoms with E-state index in [0.29, 0.717) is 18.1 Å². The van der Waals surface area contributed by atoms with E-state index in [9.17, 15) is 0 Å².